The van der Waals surface area contributed by atoms with E-state index in [0.29, 0.717) is 11.4 Å². The van der Waals surface area contributed by atoms with Gasteiger partial charge in [0.2, 0.25) is 0 Å². The van der Waals surface area contributed by atoms with Gasteiger partial charge < -0.3 is 10.2 Å². The van der Waals surface area contributed by atoms with Gasteiger partial charge in [-0.25, -0.2) is 0 Å². The van der Waals surface area contributed by atoms with Crippen LogP contribution in [0.4, 0.5) is 22.7 Å². The van der Waals surface area contributed by atoms with Crippen LogP contribution in [0.3, 0.4) is 0 Å². The number of aryl methyl sites for hydroxylation is 2. The van der Waals surface area contributed by atoms with Gasteiger partial charge in [0.15, 0.2) is 0 Å². The fourth-order valence-electron chi connectivity index (χ4n) is 6.46. The quantitative estimate of drug-likeness (QED) is 0.121. The van der Waals surface area contributed by atoms with E-state index in [9.17, 15) is 10.2 Å². The van der Waals surface area contributed by atoms with E-state index >= 15 is 0 Å². The molecule has 0 radical (unpaired) electrons. The lowest BCUT2D eigenvalue weighted by Crippen LogP contribution is -2.05. The van der Waals surface area contributed by atoms with Crippen LogP contribution in [0, 0.1) is 0 Å². The van der Waals surface area contributed by atoms with Crippen LogP contribution < -0.4 is 0 Å². The number of phenolic OH excluding ortho intramolecular Hbond substituents is 2. The molecule has 0 aliphatic carbocycles. The number of azo groups is 2. The van der Waals surface area contributed by atoms with Gasteiger partial charge in [-0.15, -0.1) is 10.2 Å². The molecule has 0 aromatic heterocycles. The van der Waals surface area contributed by atoms with Crippen molar-refractivity contribution in [1.29, 1.82) is 0 Å². The van der Waals surface area contributed by atoms with Crippen molar-refractivity contribution in [3.8, 4) is 11.5 Å². The molecule has 0 saturated heterocycles. The molecule has 7 aromatic rings. The molecule has 0 atom stereocenters. The largest absolute Gasteiger partial charge is 0.506 e. The molecule has 6 nitrogen and oxygen atoms in total. The number of aromatic hydroxyl groups is 2. The van der Waals surface area contributed by atoms with E-state index in [1.165, 1.54) is 5.56 Å². The summed E-state index contributed by atoms with van der Waals surface area (Å²) in [6, 6.07) is 46.0. The molecular formula is C43H36N4O2. The van der Waals surface area contributed by atoms with Crippen molar-refractivity contribution in [3.05, 3.63) is 167 Å². The summed E-state index contributed by atoms with van der Waals surface area (Å²) >= 11 is 0. The van der Waals surface area contributed by atoms with Crippen LogP contribution >= 0.6 is 0 Å². The van der Waals surface area contributed by atoms with Crippen molar-refractivity contribution in [2.75, 3.05) is 0 Å². The third-order valence-electron chi connectivity index (χ3n) is 9.04. The van der Waals surface area contributed by atoms with Crippen molar-refractivity contribution in [2.45, 2.75) is 32.6 Å². The van der Waals surface area contributed by atoms with E-state index in [1.54, 1.807) is 12.1 Å². The van der Waals surface area contributed by atoms with Gasteiger partial charge in [0.1, 0.15) is 22.9 Å². The molecule has 6 heteroatoms. The minimum Gasteiger partial charge on any atom is -0.506 e. The van der Waals surface area contributed by atoms with E-state index in [1.807, 2.05) is 78.9 Å². The fraction of sp³-hybridized carbons (Fsp3) is 0.116. The number of benzene rings is 7. The molecule has 0 aliphatic heterocycles. The number of rotatable bonds is 9. The third kappa shape index (κ3) is 6.41. The van der Waals surface area contributed by atoms with Crippen LogP contribution in [0.15, 0.2) is 160 Å². The first-order chi connectivity index (χ1) is 24.0. The van der Waals surface area contributed by atoms with Gasteiger partial charge >= 0.3 is 0 Å². The average molecular weight is 641 g/mol. The third-order valence-corrected chi connectivity index (χ3v) is 9.04. The van der Waals surface area contributed by atoms with Crippen molar-refractivity contribution in [2.24, 2.45) is 20.5 Å². The highest BCUT2D eigenvalue weighted by atomic mass is 16.3. The number of fused-ring (bicyclic) bond motifs is 2. The van der Waals surface area contributed by atoms with Gasteiger partial charge in [0.25, 0.3) is 0 Å². The highest BCUT2D eigenvalue weighted by molar-refractivity contribution is 5.96. The Morgan fingerprint density at radius 3 is 1.37 bits per heavy atom. The summed E-state index contributed by atoms with van der Waals surface area (Å²) in [4.78, 5) is 0. The molecule has 0 heterocycles. The molecule has 0 bridgehead atoms. The summed E-state index contributed by atoms with van der Waals surface area (Å²) in [5.74, 6) is 0.174. The first-order valence-corrected chi connectivity index (χ1v) is 16.6. The molecule has 7 aromatic carbocycles. The Morgan fingerprint density at radius 2 is 0.898 bits per heavy atom. The second-order valence-electron chi connectivity index (χ2n) is 12.0. The smallest absolute Gasteiger partial charge is 0.143 e. The van der Waals surface area contributed by atoms with Crippen molar-refractivity contribution in [1.82, 2.24) is 0 Å². The predicted octanol–water partition coefficient (Wildman–Crippen LogP) is 12.5. The van der Waals surface area contributed by atoms with E-state index in [4.69, 9.17) is 0 Å². The molecule has 0 aliphatic rings. The zero-order valence-corrected chi connectivity index (χ0v) is 27.5. The highest BCUT2D eigenvalue weighted by Crippen LogP contribution is 2.40. The zero-order valence-electron chi connectivity index (χ0n) is 27.5. The van der Waals surface area contributed by atoms with E-state index in [2.05, 4.69) is 82.8 Å². The van der Waals surface area contributed by atoms with Crippen LogP contribution in [0.25, 0.3) is 21.5 Å². The summed E-state index contributed by atoms with van der Waals surface area (Å²) < 4.78 is 0. The lowest BCUT2D eigenvalue weighted by Gasteiger charge is -2.21. The minimum absolute atomic E-state index is 0.0296. The molecule has 49 heavy (non-hydrogen) atoms. The lowest BCUT2D eigenvalue weighted by molar-refractivity contribution is 0.476. The monoisotopic (exact) mass is 640 g/mol. The highest BCUT2D eigenvalue weighted by Gasteiger charge is 2.20. The summed E-state index contributed by atoms with van der Waals surface area (Å²) in [5.41, 5.74) is 8.07. The van der Waals surface area contributed by atoms with Crippen molar-refractivity contribution < 1.29 is 10.2 Å². The van der Waals surface area contributed by atoms with Crippen molar-refractivity contribution >= 4 is 44.3 Å². The Balaban J connectivity index is 1.26. The van der Waals surface area contributed by atoms with Gasteiger partial charge in [-0.2, -0.15) is 10.2 Å². The molecule has 0 unspecified atom stereocenters. The number of nitrogens with zero attached hydrogens (tertiary/aromatic N) is 4. The second-order valence-corrected chi connectivity index (χ2v) is 12.0. The van der Waals surface area contributed by atoms with E-state index < -0.39 is 0 Å². The molecular weight excluding hydrogens is 604 g/mol. The normalized spacial score (nSPS) is 12.4. The van der Waals surface area contributed by atoms with Crippen LogP contribution in [0.1, 0.15) is 47.6 Å². The molecule has 0 amide bonds. The van der Waals surface area contributed by atoms with Crippen LogP contribution in [-0.2, 0) is 12.8 Å². The van der Waals surface area contributed by atoms with E-state index in [-0.39, 0.29) is 17.4 Å². The number of phenols is 2. The molecule has 240 valence electrons. The summed E-state index contributed by atoms with van der Waals surface area (Å²) in [6.07, 6.45) is 1.54. The summed E-state index contributed by atoms with van der Waals surface area (Å²) in [6.45, 7) is 4.24. The van der Waals surface area contributed by atoms with Gasteiger partial charge in [-0.3, -0.25) is 0 Å². The van der Waals surface area contributed by atoms with Crippen LogP contribution in [-0.4, -0.2) is 10.2 Å². The summed E-state index contributed by atoms with van der Waals surface area (Å²) in [5, 5.41) is 43.3. The fourth-order valence-corrected chi connectivity index (χ4v) is 6.46. The van der Waals surface area contributed by atoms with Crippen LogP contribution in [0.5, 0.6) is 11.5 Å². The molecule has 0 spiro atoms. The Labute approximate surface area is 285 Å². The maximum absolute atomic E-state index is 10.6. The molecule has 0 fully saturated rings. The Bertz CT molecular complexity index is 2200. The zero-order chi connectivity index (χ0) is 33.7. The molecule has 7 rings (SSSR count). The van der Waals surface area contributed by atoms with E-state index in [0.717, 1.165) is 68.0 Å². The van der Waals surface area contributed by atoms with Gasteiger partial charge in [0.05, 0.1) is 11.4 Å². The average Bonchev–Trinajstić information content (AvgIpc) is 3.15. The maximum Gasteiger partial charge on any atom is 0.143 e. The molecule has 0 saturated carbocycles. The SMILES string of the molecule is CCc1cc(C(c2ccccc2)c2ccc(N=Nc3c(O)ccc4ccccc34)c(CC)c2)ccc1N=Nc1c(O)ccc2ccccc12. The number of hydrogen-bond donors (Lipinski definition) is 2. The van der Waals surface area contributed by atoms with Crippen molar-refractivity contribution in [3.63, 3.8) is 0 Å². The Morgan fingerprint density at radius 1 is 0.449 bits per heavy atom. The predicted molar refractivity (Wildman–Crippen MR) is 199 cm³/mol. The van der Waals surface area contributed by atoms with Crippen LogP contribution in [0.2, 0.25) is 0 Å². The van der Waals surface area contributed by atoms with Gasteiger partial charge in [-0.1, -0.05) is 129 Å². The van der Waals surface area contributed by atoms with Gasteiger partial charge in [0, 0.05) is 16.7 Å². The Hall–Kier alpha value is -6.14. The molecule has 2 N–H and O–H groups in total. The van der Waals surface area contributed by atoms with Gasteiger partial charge in [-0.05, 0) is 75.7 Å². The maximum atomic E-state index is 10.6. The first-order valence-electron chi connectivity index (χ1n) is 16.6. The Kier molecular flexibility index (Phi) is 8.94. The minimum atomic E-state index is -0.0296. The number of hydrogen-bond acceptors (Lipinski definition) is 6. The lowest BCUT2D eigenvalue weighted by atomic mass is 9.83. The second kappa shape index (κ2) is 13.9. The topological polar surface area (TPSA) is 89.9 Å². The first kappa shape index (κ1) is 31.5. The standard InChI is InChI=1S/C43H36N4O2/c1-3-28-26-33(18-22-37(28)44-46-42-35-16-10-8-12-30(35)20-24-39(42)48)41(32-14-6-5-7-15-32)34-19-23-38(29(4-2)27-34)45-47-43-36-17-11-9-13-31(36)21-25-40(43)49/h5-27,41,48-49H,3-4H2,1-2H3. The summed E-state index contributed by atoms with van der Waals surface area (Å²) in [7, 11) is 0.